The van der Waals surface area contributed by atoms with Gasteiger partial charge in [-0.25, -0.2) is 0 Å². The molecule has 0 aliphatic carbocycles. The van der Waals surface area contributed by atoms with Gasteiger partial charge >= 0.3 is 5.97 Å². The van der Waals surface area contributed by atoms with Gasteiger partial charge in [-0.3, -0.25) is 9.59 Å². The van der Waals surface area contributed by atoms with Gasteiger partial charge in [-0.15, -0.1) is 0 Å². The van der Waals surface area contributed by atoms with Gasteiger partial charge in [-0.05, 0) is 25.2 Å². The Bertz CT molecular complexity index is 387. The van der Waals surface area contributed by atoms with Crippen LogP contribution in [0, 0.1) is 11.8 Å². The minimum atomic E-state index is -0.0551. The molecule has 0 atom stereocenters. The average molecular weight is 368 g/mol. The first-order valence-corrected chi connectivity index (χ1v) is 11.0. The third-order valence-electron chi connectivity index (χ3n) is 5.26. The number of carbonyl (C=O) groups excluding carboxylic acids is 2. The Balaban J connectivity index is 2.01. The quantitative estimate of drug-likeness (QED) is 0.326. The summed E-state index contributed by atoms with van der Waals surface area (Å²) in [6, 6.07) is 0. The molecular weight excluding hydrogens is 326 g/mol. The highest BCUT2D eigenvalue weighted by Gasteiger charge is 2.28. The molecule has 152 valence electrons. The second-order valence-electron chi connectivity index (χ2n) is 8.25. The second kappa shape index (κ2) is 14.1. The van der Waals surface area contributed by atoms with Crippen LogP contribution in [0.1, 0.15) is 97.8 Å². The normalized spacial score (nSPS) is 15.5. The topological polar surface area (TPSA) is 46.6 Å². The highest BCUT2D eigenvalue weighted by atomic mass is 16.5. The largest absolute Gasteiger partial charge is 0.465 e. The molecule has 1 rings (SSSR count). The number of hydrogen-bond acceptors (Lipinski definition) is 3. The summed E-state index contributed by atoms with van der Waals surface area (Å²) in [6.45, 7) is 8.33. The molecule has 0 radical (unpaired) electrons. The Morgan fingerprint density at radius 3 is 2.00 bits per heavy atom. The number of unbranched alkanes of at least 4 members (excludes halogenated alkanes) is 8. The van der Waals surface area contributed by atoms with Crippen LogP contribution in [0.15, 0.2) is 0 Å². The number of amides is 1. The highest BCUT2D eigenvalue weighted by molar-refractivity contribution is 5.77. The van der Waals surface area contributed by atoms with Crippen LogP contribution in [0.2, 0.25) is 0 Å². The number of piperidine rings is 1. The fourth-order valence-electron chi connectivity index (χ4n) is 3.55. The number of esters is 1. The van der Waals surface area contributed by atoms with E-state index in [0.717, 1.165) is 25.7 Å². The van der Waals surface area contributed by atoms with Gasteiger partial charge in [0.2, 0.25) is 5.91 Å². The molecule has 0 unspecified atom stereocenters. The summed E-state index contributed by atoms with van der Waals surface area (Å²) in [6.07, 6.45) is 13.5. The van der Waals surface area contributed by atoms with Gasteiger partial charge in [0.25, 0.3) is 0 Å². The Morgan fingerprint density at radius 2 is 1.46 bits per heavy atom. The predicted octanol–water partition coefficient (Wildman–Crippen LogP) is 5.35. The zero-order chi connectivity index (χ0) is 19.2. The van der Waals surface area contributed by atoms with Crippen LogP contribution in [0.4, 0.5) is 0 Å². The number of nitrogens with zero attached hydrogens (tertiary/aromatic N) is 1. The van der Waals surface area contributed by atoms with E-state index >= 15 is 0 Å². The first-order valence-electron chi connectivity index (χ1n) is 11.0. The summed E-state index contributed by atoms with van der Waals surface area (Å²) in [5.74, 6) is 0.542. The van der Waals surface area contributed by atoms with Gasteiger partial charge < -0.3 is 9.64 Å². The molecule has 0 saturated carbocycles. The molecule has 1 aliphatic heterocycles. The van der Waals surface area contributed by atoms with E-state index < -0.39 is 0 Å². The summed E-state index contributed by atoms with van der Waals surface area (Å²) in [5, 5.41) is 0. The fourth-order valence-corrected chi connectivity index (χ4v) is 3.55. The van der Waals surface area contributed by atoms with E-state index in [2.05, 4.69) is 20.8 Å². The van der Waals surface area contributed by atoms with E-state index in [9.17, 15) is 9.59 Å². The molecule has 0 aromatic carbocycles. The minimum Gasteiger partial charge on any atom is -0.465 e. The third kappa shape index (κ3) is 10.2. The predicted molar refractivity (Wildman–Crippen MR) is 107 cm³/mol. The van der Waals surface area contributed by atoms with Crippen molar-refractivity contribution in [3.63, 3.8) is 0 Å². The van der Waals surface area contributed by atoms with Crippen molar-refractivity contribution in [3.05, 3.63) is 0 Å². The summed E-state index contributed by atoms with van der Waals surface area (Å²) in [5.41, 5.74) is 0. The highest BCUT2D eigenvalue weighted by Crippen LogP contribution is 2.20. The SMILES string of the molecule is CCCCCCCCCCCOC(=O)C1CCN(C(=O)CC(C)C)CC1. The van der Waals surface area contributed by atoms with E-state index in [1.54, 1.807) is 0 Å². The van der Waals surface area contributed by atoms with Crippen molar-refractivity contribution < 1.29 is 14.3 Å². The summed E-state index contributed by atoms with van der Waals surface area (Å²) in [7, 11) is 0. The van der Waals surface area contributed by atoms with E-state index in [1.165, 1.54) is 44.9 Å². The van der Waals surface area contributed by atoms with Crippen molar-refractivity contribution in [1.29, 1.82) is 0 Å². The minimum absolute atomic E-state index is 0.0170. The summed E-state index contributed by atoms with van der Waals surface area (Å²) in [4.78, 5) is 26.1. The standard InChI is InChI=1S/C22H41NO3/c1-4-5-6-7-8-9-10-11-12-17-26-22(25)20-13-15-23(16-14-20)21(24)18-19(2)3/h19-20H,4-18H2,1-3H3. The molecule has 4 heteroatoms. The second-order valence-corrected chi connectivity index (χ2v) is 8.25. The molecule has 1 fully saturated rings. The molecule has 1 heterocycles. The number of hydrogen-bond donors (Lipinski definition) is 0. The Kier molecular flexibility index (Phi) is 12.4. The van der Waals surface area contributed by atoms with Crippen molar-refractivity contribution >= 4 is 11.9 Å². The van der Waals surface area contributed by atoms with E-state index in [-0.39, 0.29) is 17.8 Å². The summed E-state index contributed by atoms with van der Waals surface area (Å²) < 4.78 is 5.46. The average Bonchev–Trinajstić information content (AvgIpc) is 2.62. The van der Waals surface area contributed by atoms with Gasteiger partial charge in [0.05, 0.1) is 12.5 Å². The van der Waals surface area contributed by atoms with Crippen LogP contribution in [-0.4, -0.2) is 36.5 Å². The number of carbonyl (C=O) groups is 2. The van der Waals surface area contributed by atoms with Crippen molar-refractivity contribution in [2.24, 2.45) is 11.8 Å². The van der Waals surface area contributed by atoms with Crippen LogP contribution >= 0.6 is 0 Å². The van der Waals surface area contributed by atoms with Crippen molar-refractivity contribution in [2.75, 3.05) is 19.7 Å². The van der Waals surface area contributed by atoms with Gasteiger partial charge in [0, 0.05) is 19.5 Å². The van der Waals surface area contributed by atoms with Crippen molar-refractivity contribution in [2.45, 2.75) is 97.8 Å². The van der Waals surface area contributed by atoms with Crippen LogP contribution in [0.3, 0.4) is 0 Å². The Labute approximate surface area is 161 Å². The molecule has 0 aromatic heterocycles. The molecule has 0 N–H and O–H groups in total. The molecule has 4 nitrogen and oxygen atoms in total. The van der Waals surface area contributed by atoms with Gasteiger partial charge in [-0.1, -0.05) is 72.1 Å². The number of ether oxygens (including phenoxy) is 1. The van der Waals surface area contributed by atoms with Crippen molar-refractivity contribution in [1.82, 2.24) is 4.90 Å². The van der Waals surface area contributed by atoms with E-state index in [0.29, 0.717) is 32.0 Å². The van der Waals surface area contributed by atoms with Crippen LogP contribution < -0.4 is 0 Å². The Hall–Kier alpha value is -1.06. The molecule has 1 amide bonds. The van der Waals surface area contributed by atoms with Gasteiger partial charge in [0.15, 0.2) is 0 Å². The maximum Gasteiger partial charge on any atom is 0.309 e. The Morgan fingerprint density at radius 1 is 0.923 bits per heavy atom. The third-order valence-corrected chi connectivity index (χ3v) is 5.26. The number of rotatable bonds is 13. The van der Waals surface area contributed by atoms with E-state index in [4.69, 9.17) is 4.74 Å². The molecule has 0 spiro atoms. The van der Waals surface area contributed by atoms with Crippen LogP contribution in [-0.2, 0) is 14.3 Å². The monoisotopic (exact) mass is 367 g/mol. The van der Waals surface area contributed by atoms with Crippen LogP contribution in [0.5, 0.6) is 0 Å². The van der Waals surface area contributed by atoms with Crippen molar-refractivity contribution in [3.8, 4) is 0 Å². The first kappa shape index (κ1) is 23.0. The summed E-state index contributed by atoms with van der Waals surface area (Å²) >= 11 is 0. The fraction of sp³-hybridized carbons (Fsp3) is 0.909. The molecule has 1 saturated heterocycles. The molecule has 0 aromatic rings. The zero-order valence-electron chi connectivity index (χ0n) is 17.4. The maximum absolute atomic E-state index is 12.2. The smallest absolute Gasteiger partial charge is 0.309 e. The number of likely N-dealkylation sites (tertiary alicyclic amines) is 1. The first-order chi connectivity index (χ1) is 12.5. The lowest BCUT2D eigenvalue weighted by Gasteiger charge is -2.31. The van der Waals surface area contributed by atoms with E-state index in [1.807, 2.05) is 4.90 Å². The molecular formula is C22H41NO3. The van der Waals surface area contributed by atoms with Gasteiger partial charge in [-0.2, -0.15) is 0 Å². The van der Waals surface area contributed by atoms with Crippen LogP contribution in [0.25, 0.3) is 0 Å². The lowest BCUT2D eigenvalue weighted by molar-refractivity contribution is -0.152. The lowest BCUT2D eigenvalue weighted by Crippen LogP contribution is -2.41. The molecule has 0 bridgehead atoms. The lowest BCUT2D eigenvalue weighted by atomic mass is 9.96. The zero-order valence-corrected chi connectivity index (χ0v) is 17.4. The molecule has 26 heavy (non-hydrogen) atoms. The molecule has 1 aliphatic rings. The maximum atomic E-state index is 12.2. The van der Waals surface area contributed by atoms with Gasteiger partial charge in [0.1, 0.15) is 0 Å².